The number of carbonyl (C=O) groups is 2. The fraction of sp³-hybridized carbons (Fsp3) is 0.333. The second kappa shape index (κ2) is 13.9. The first-order chi connectivity index (χ1) is 19.7. The first kappa shape index (κ1) is 30.4. The molecule has 3 aromatic carbocycles. The number of benzene rings is 3. The van der Waals surface area contributed by atoms with Crippen molar-refractivity contribution in [2.45, 2.75) is 38.8 Å². The van der Waals surface area contributed by atoms with Gasteiger partial charge in [-0.3, -0.25) is 13.9 Å². The Balaban J connectivity index is 1.71. The molecule has 1 heterocycles. The number of anilines is 1. The van der Waals surface area contributed by atoms with Crippen LogP contribution in [0.15, 0.2) is 77.3 Å². The Bertz CT molecular complexity index is 1470. The molecule has 41 heavy (non-hydrogen) atoms. The molecule has 1 atom stereocenters. The monoisotopic (exact) mass is 643 g/mol. The zero-order valence-electron chi connectivity index (χ0n) is 23.1. The summed E-state index contributed by atoms with van der Waals surface area (Å²) in [6, 6.07) is 20.8. The highest BCUT2D eigenvalue weighted by Gasteiger charge is 2.33. The van der Waals surface area contributed by atoms with Crippen LogP contribution in [0.4, 0.5) is 5.69 Å². The van der Waals surface area contributed by atoms with E-state index < -0.39 is 28.5 Å². The van der Waals surface area contributed by atoms with E-state index in [1.54, 1.807) is 12.1 Å². The molecule has 0 radical (unpaired) electrons. The highest BCUT2D eigenvalue weighted by atomic mass is 79.9. The van der Waals surface area contributed by atoms with Gasteiger partial charge >= 0.3 is 0 Å². The van der Waals surface area contributed by atoms with Crippen molar-refractivity contribution in [1.29, 1.82) is 0 Å². The lowest BCUT2D eigenvalue weighted by atomic mass is 10.0. The van der Waals surface area contributed by atoms with E-state index >= 15 is 0 Å². The second-order valence-electron chi connectivity index (χ2n) is 9.81. The Kier molecular flexibility index (Phi) is 10.3. The number of nitrogens with zero attached hydrogens (tertiary/aromatic N) is 2. The van der Waals surface area contributed by atoms with E-state index in [-0.39, 0.29) is 31.4 Å². The van der Waals surface area contributed by atoms with Crippen molar-refractivity contribution in [1.82, 2.24) is 10.2 Å². The van der Waals surface area contributed by atoms with Gasteiger partial charge in [0, 0.05) is 30.0 Å². The van der Waals surface area contributed by atoms with E-state index in [1.807, 2.05) is 61.5 Å². The third-order valence-corrected chi connectivity index (χ3v) is 8.30. The topological polar surface area (TPSA) is 105 Å². The normalized spacial score (nSPS) is 13.0. The number of sulfonamides is 1. The Morgan fingerprint density at radius 2 is 1.71 bits per heavy atom. The van der Waals surface area contributed by atoms with Crippen LogP contribution in [-0.2, 0) is 32.6 Å². The molecule has 9 nitrogen and oxygen atoms in total. The van der Waals surface area contributed by atoms with Crippen molar-refractivity contribution >= 4 is 43.5 Å². The molecule has 1 unspecified atom stereocenters. The average Bonchev–Trinajstić information content (AvgIpc) is 3.41. The van der Waals surface area contributed by atoms with Crippen LogP contribution in [0.2, 0.25) is 0 Å². The van der Waals surface area contributed by atoms with Gasteiger partial charge in [0.05, 0.1) is 11.9 Å². The van der Waals surface area contributed by atoms with Crippen LogP contribution < -0.4 is 19.1 Å². The number of rotatable bonds is 13. The molecule has 0 bridgehead atoms. The van der Waals surface area contributed by atoms with Crippen LogP contribution in [0.25, 0.3) is 0 Å². The number of halogens is 1. The van der Waals surface area contributed by atoms with Crippen LogP contribution in [0.1, 0.15) is 30.9 Å². The minimum Gasteiger partial charge on any atom is -0.454 e. The van der Waals surface area contributed by atoms with Crippen LogP contribution in [0, 0.1) is 0 Å². The lowest BCUT2D eigenvalue weighted by Gasteiger charge is -2.33. The van der Waals surface area contributed by atoms with E-state index in [4.69, 9.17) is 9.47 Å². The molecule has 1 aliphatic rings. The van der Waals surface area contributed by atoms with Crippen molar-refractivity contribution in [3.8, 4) is 11.5 Å². The Labute approximate surface area is 249 Å². The third kappa shape index (κ3) is 8.23. The van der Waals surface area contributed by atoms with Gasteiger partial charge in [-0.2, -0.15) is 0 Å². The summed E-state index contributed by atoms with van der Waals surface area (Å²) >= 11 is 3.48. The maximum atomic E-state index is 14.1. The van der Waals surface area contributed by atoms with Crippen molar-refractivity contribution in [3.05, 3.63) is 88.4 Å². The molecule has 218 valence electrons. The van der Waals surface area contributed by atoms with Gasteiger partial charge in [-0.05, 0) is 41.8 Å². The van der Waals surface area contributed by atoms with Crippen molar-refractivity contribution in [2.75, 3.05) is 30.4 Å². The van der Waals surface area contributed by atoms with Gasteiger partial charge in [0.25, 0.3) is 0 Å². The highest BCUT2D eigenvalue weighted by molar-refractivity contribution is 9.10. The predicted molar refractivity (Wildman–Crippen MR) is 161 cm³/mol. The van der Waals surface area contributed by atoms with Crippen LogP contribution in [0.3, 0.4) is 0 Å². The van der Waals surface area contributed by atoms with Crippen LogP contribution >= 0.6 is 15.9 Å². The summed E-state index contributed by atoms with van der Waals surface area (Å²) in [5.41, 5.74) is 1.94. The molecule has 0 fully saturated rings. The zero-order valence-corrected chi connectivity index (χ0v) is 25.5. The first-order valence-corrected chi connectivity index (χ1v) is 16.0. The van der Waals surface area contributed by atoms with Crippen molar-refractivity contribution in [3.63, 3.8) is 0 Å². The molecule has 1 aliphatic heterocycles. The Hall–Kier alpha value is -3.57. The fourth-order valence-electron chi connectivity index (χ4n) is 4.55. The maximum absolute atomic E-state index is 14.1. The van der Waals surface area contributed by atoms with E-state index in [0.29, 0.717) is 18.0 Å². The largest absolute Gasteiger partial charge is 0.454 e. The molecule has 2 amide bonds. The lowest BCUT2D eigenvalue weighted by molar-refractivity contribution is -0.140. The van der Waals surface area contributed by atoms with Gasteiger partial charge in [0.2, 0.25) is 28.6 Å². The standard InChI is InChI=1S/C30H34BrN3O6S/c1-3-4-15-32-30(36)26(17-22-9-6-5-7-10-22)33(19-23-11-8-12-24(31)16-23)29(35)20-34(41(2,37)38)25-13-14-27-28(18-25)40-21-39-27/h5-14,16,18,26H,3-4,15,17,19-21H2,1-2H3,(H,32,36). The minimum atomic E-state index is -3.88. The number of amides is 2. The predicted octanol–water partition coefficient (Wildman–Crippen LogP) is 4.50. The van der Waals surface area contributed by atoms with Crippen molar-refractivity contribution < 1.29 is 27.5 Å². The number of fused-ring (bicyclic) bond motifs is 1. The molecule has 0 aliphatic carbocycles. The first-order valence-electron chi connectivity index (χ1n) is 13.4. The van der Waals surface area contributed by atoms with Gasteiger partial charge < -0.3 is 19.7 Å². The van der Waals surface area contributed by atoms with Crippen molar-refractivity contribution in [2.24, 2.45) is 0 Å². The number of hydrogen-bond acceptors (Lipinski definition) is 6. The molecule has 11 heteroatoms. The van der Waals surface area contributed by atoms with Gasteiger partial charge in [-0.15, -0.1) is 0 Å². The third-order valence-electron chi connectivity index (χ3n) is 6.67. The SMILES string of the molecule is CCCCNC(=O)C(Cc1ccccc1)N(Cc1cccc(Br)c1)C(=O)CN(c1ccc2c(c1)OCO2)S(C)(=O)=O. The quantitative estimate of drug-likeness (QED) is 0.275. The summed E-state index contributed by atoms with van der Waals surface area (Å²) in [6.07, 6.45) is 3.02. The molecular weight excluding hydrogens is 610 g/mol. The van der Waals surface area contributed by atoms with Crippen LogP contribution in [0.5, 0.6) is 11.5 Å². The molecule has 0 spiro atoms. The van der Waals surface area contributed by atoms with E-state index in [2.05, 4.69) is 21.2 Å². The summed E-state index contributed by atoms with van der Waals surface area (Å²) in [5, 5.41) is 2.98. The smallest absolute Gasteiger partial charge is 0.244 e. The molecule has 0 aromatic heterocycles. The summed E-state index contributed by atoms with van der Waals surface area (Å²) in [4.78, 5) is 29.2. The number of ether oxygens (including phenoxy) is 2. The Morgan fingerprint density at radius 1 is 0.976 bits per heavy atom. The highest BCUT2D eigenvalue weighted by Crippen LogP contribution is 2.36. The fourth-order valence-corrected chi connectivity index (χ4v) is 5.83. The summed E-state index contributed by atoms with van der Waals surface area (Å²) in [6.45, 7) is 2.15. The van der Waals surface area contributed by atoms with Gasteiger partial charge in [-0.1, -0.05) is 71.7 Å². The average molecular weight is 645 g/mol. The molecule has 0 saturated carbocycles. The molecule has 3 aromatic rings. The van der Waals surface area contributed by atoms with E-state index in [0.717, 1.165) is 39.0 Å². The van der Waals surface area contributed by atoms with E-state index in [9.17, 15) is 18.0 Å². The molecule has 0 saturated heterocycles. The number of nitrogens with one attached hydrogen (secondary N) is 1. The molecule has 1 N–H and O–H groups in total. The Morgan fingerprint density at radius 3 is 2.41 bits per heavy atom. The minimum absolute atomic E-state index is 0.0330. The van der Waals surface area contributed by atoms with Gasteiger partial charge in [0.15, 0.2) is 11.5 Å². The number of hydrogen-bond donors (Lipinski definition) is 1. The maximum Gasteiger partial charge on any atom is 0.244 e. The summed E-state index contributed by atoms with van der Waals surface area (Å²) < 4.78 is 38.6. The molecular formula is C30H34BrN3O6S. The number of unbranched alkanes of at least 4 members (excludes halogenated alkanes) is 1. The second-order valence-corrected chi connectivity index (χ2v) is 12.6. The van der Waals surface area contributed by atoms with Gasteiger partial charge in [0.1, 0.15) is 12.6 Å². The van der Waals surface area contributed by atoms with E-state index in [1.165, 1.54) is 11.0 Å². The van der Waals surface area contributed by atoms with Gasteiger partial charge in [-0.25, -0.2) is 8.42 Å². The summed E-state index contributed by atoms with van der Waals surface area (Å²) in [7, 11) is -3.88. The lowest BCUT2D eigenvalue weighted by Crippen LogP contribution is -2.53. The van der Waals surface area contributed by atoms with Crippen LogP contribution in [-0.4, -0.2) is 57.3 Å². The summed E-state index contributed by atoms with van der Waals surface area (Å²) in [5.74, 6) is 0.0857. The molecule has 4 rings (SSSR count). The zero-order chi connectivity index (χ0) is 29.4. The number of carbonyl (C=O) groups excluding carboxylic acids is 2.